The Morgan fingerprint density at radius 1 is 1.53 bits per heavy atom. The Kier molecular flexibility index (Phi) is 4.92. The summed E-state index contributed by atoms with van der Waals surface area (Å²) in [5, 5.41) is 14.6. The molecule has 0 amide bonds. The number of aromatic nitrogens is 2. The van der Waals surface area contributed by atoms with E-state index in [1.165, 1.54) is 7.05 Å². The highest BCUT2D eigenvalue weighted by atomic mass is 35.5. The molecule has 0 bridgehead atoms. The molecule has 0 aliphatic carbocycles. The summed E-state index contributed by atoms with van der Waals surface area (Å²) in [7, 11) is -2.40. The van der Waals surface area contributed by atoms with Crippen LogP contribution in [0.15, 0.2) is 5.03 Å². The maximum atomic E-state index is 12.3. The van der Waals surface area contributed by atoms with E-state index >= 15 is 0 Å². The van der Waals surface area contributed by atoms with Gasteiger partial charge in [-0.05, 0) is 12.3 Å². The summed E-state index contributed by atoms with van der Waals surface area (Å²) in [6.07, 6.45) is 0.296. The van der Waals surface area contributed by atoms with Crippen LogP contribution in [0.3, 0.4) is 0 Å². The van der Waals surface area contributed by atoms with Crippen LogP contribution in [0.2, 0.25) is 0 Å². The molecule has 19 heavy (non-hydrogen) atoms. The molecule has 0 saturated heterocycles. The summed E-state index contributed by atoms with van der Waals surface area (Å²) >= 11 is 5.60. The fourth-order valence-electron chi connectivity index (χ4n) is 1.82. The van der Waals surface area contributed by atoms with E-state index in [2.05, 4.69) is 5.10 Å². The third-order valence-corrected chi connectivity index (χ3v) is 5.20. The van der Waals surface area contributed by atoms with Gasteiger partial charge in [0.2, 0.25) is 14.9 Å². The van der Waals surface area contributed by atoms with Crippen molar-refractivity contribution >= 4 is 27.1 Å². The fourth-order valence-corrected chi connectivity index (χ4v) is 4.01. The molecule has 0 spiro atoms. The van der Waals surface area contributed by atoms with E-state index in [0.717, 1.165) is 4.68 Å². The Balaban J connectivity index is 3.41. The van der Waals surface area contributed by atoms with Gasteiger partial charge in [-0.3, -0.25) is 14.8 Å². The van der Waals surface area contributed by atoms with Gasteiger partial charge in [0, 0.05) is 12.9 Å². The lowest BCUT2D eigenvalue weighted by molar-refractivity contribution is -0.388. The number of halogens is 1. The summed E-state index contributed by atoms with van der Waals surface area (Å²) in [4.78, 5) is 10.4. The lowest BCUT2D eigenvalue weighted by Gasteiger charge is -2.08. The van der Waals surface area contributed by atoms with E-state index < -0.39 is 20.4 Å². The Bertz CT molecular complexity index is 582. The summed E-state index contributed by atoms with van der Waals surface area (Å²) in [5.74, 6) is -0.350. The van der Waals surface area contributed by atoms with Gasteiger partial charge in [0.15, 0.2) is 0 Å². The number of nitrogens with zero attached hydrogens (tertiary/aromatic N) is 3. The lowest BCUT2D eigenvalue weighted by atomic mass is 10.3. The summed E-state index contributed by atoms with van der Waals surface area (Å²) < 4.78 is 25.6. The SMILES string of the molecule is CCc1nn(C)c(S(=O)(=O)CC(C)CCl)c1[N+](=O)[O-]. The largest absolute Gasteiger partial charge is 0.329 e. The molecule has 1 rings (SSSR count). The third kappa shape index (κ3) is 3.24. The molecule has 1 aromatic heterocycles. The van der Waals surface area contributed by atoms with Gasteiger partial charge in [0.05, 0.1) is 10.7 Å². The number of sulfone groups is 1. The van der Waals surface area contributed by atoms with Gasteiger partial charge in [-0.1, -0.05) is 13.8 Å². The lowest BCUT2D eigenvalue weighted by Crippen LogP contribution is -2.19. The molecule has 7 nitrogen and oxygen atoms in total. The molecule has 0 aromatic carbocycles. The second-order valence-corrected chi connectivity index (χ2v) is 6.63. The van der Waals surface area contributed by atoms with Crippen molar-refractivity contribution in [2.45, 2.75) is 25.3 Å². The number of aryl methyl sites for hydroxylation is 2. The summed E-state index contributed by atoms with van der Waals surface area (Å²) in [5.41, 5.74) is -0.253. The second-order valence-electron chi connectivity index (χ2n) is 4.38. The Labute approximate surface area is 116 Å². The molecule has 1 unspecified atom stereocenters. The minimum absolute atomic E-state index is 0.171. The number of rotatable bonds is 6. The first-order valence-corrected chi connectivity index (χ1v) is 7.92. The summed E-state index contributed by atoms with van der Waals surface area (Å²) in [6, 6.07) is 0. The van der Waals surface area contributed by atoms with Crippen LogP contribution >= 0.6 is 11.6 Å². The van der Waals surface area contributed by atoms with Gasteiger partial charge in [-0.25, -0.2) is 8.42 Å². The monoisotopic (exact) mass is 309 g/mol. The van der Waals surface area contributed by atoms with Crippen molar-refractivity contribution < 1.29 is 13.3 Å². The van der Waals surface area contributed by atoms with E-state index in [9.17, 15) is 18.5 Å². The van der Waals surface area contributed by atoms with E-state index in [-0.39, 0.29) is 28.3 Å². The molecule has 1 heterocycles. The number of hydrogen-bond acceptors (Lipinski definition) is 5. The molecule has 0 aliphatic rings. The van der Waals surface area contributed by atoms with Gasteiger partial charge in [0.1, 0.15) is 5.69 Å². The van der Waals surface area contributed by atoms with Crippen molar-refractivity contribution in [2.24, 2.45) is 13.0 Å². The topological polar surface area (TPSA) is 95.1 Å². The van der Waals surface area contributed by atoms with Crippen molar-refractivity contribution in [3.05, 3.63) is 15.8 Å². The quantitative estimate of drug-likeness (QED) is 0.451. The van der Waals surface area contributed by atoms with Crippen molar-refractivity contribution in [1.82, 2.24) is 9.78 Å². The Morgan fingerprint density at radius 3 is 2.53 bits per heavy atom. The van der Waals surface area contributed by atoms with Crippen molar-refractivity contribution in [1.29, 1.82) is 0 Å². The molecule has 0 fully saturated rings. The molecule has 1 aromatic rings. The molecule has 0 radical (unpaired) electrons. The zero-order valence-electron chi connectivity index (χ0n) is 11.0. The maximum absolute atomic E-state index is 12.3. The van der Waals surface area contributed by atoms with E-state index in [4.69, 9.17) is 11.6 Å². The van der Waals surface area contributed by atoms with E-state index in [1.54, 1.807) is 13.8 Å². The van der Waals surface area contributed by atoms with Crippen LogP contribution < -0.4 is 0 Å². The Hall–Kier alpha value is -1.15. The minimum Gasteiger partial charge on any atom is -0.258 e. The Morgan fingerprint density at radius 2 is 2.11 bits per heavy atom. The molecule has 0 aliphatic heterocycles. The first kappa shape index (κ1) is 15.9. The zero-order valence-corrected chi connectivity index (χ0v) is 12.5. The van der Waals surface area contributed by atoms with Crippen LogP contribution in [-0.2, 0) is 23.3 Å². The second kappa shape index (κ2) is 5.87. The maximum Gasteiger partial charge on any atom is 0.329 e. The fraction of sp³-hybridized carbons (Fsp3) is 0.700. The van der Waals surface area contributed by atoms with Gasteiger partial charge < -0.3 is 0 Å². The highest BCUT2D eigenvalue weighted by molar-refractivity contribution is 7.91. The number of hydrogen-bond donors (Lipinski definition) is 0. The van der Waals surface area contributed by atoms with Crippen LogP contribution in [-0.4, -0.2) is 34.8 Å². The molecular formula is C10H16ClN3O4S. The highest BCUT2D eigenvalue weighted by Gasteiger charge is 2.35. The first-order chi connectivity index (χ1) is 8.74. The average molecular weight is 310 g/mol. The van der Waals surface area contributed by atoms with Crippen LogP contribution in [0.1, 0.15) is 19.5 Å². The predicted molar refractivity (Wildman–Crippen MR) is 71.2 cm³/mol. The van der Waals surface area contributed by atoms with Gasteiger partial charge in [-0.2, -0.15) is 5.10 Å². The van der Waals surface area contributed by atoms with Gasteiger partial charge >= 0.3 is 5.69 Å². The smallest absolute Gasteiger partial charge is 0.258 e. The average Bonchev–Trinajstić information content (AvgIpc) is 2.66. The third-order valence-electron chi connectivity index (χ3n) is 2.62. The highest BCUT2D eigenvalue weighted by Crippen LogP contribution is 2.29. The van der Waals surface area contributed by atoms with Gasteiger partial charge in [0.25, 0.3) is 0 Å². The van der Waals surface area contributed by atoms with Crippen LogP contribution in [0.5, 0.6) is 0 Å². The number of alkyl halides is 1. The molecule has 1 atom stereocenters. The number of nitro groups is 1. The molecule has 9 heteroatoms. The van der Waals surface area contributed by atoms with Crippen LogP contribution in [0.4, 0.5) is 5.69 Å². The predicted octanol–water partition coefficient (Wildman–Crippen LogP) is 1.54. The molecule has 0 N–H and O–H groups in total. The van der Waals surface area contributed by atoms with E-state index in [1.807, 2.05) is 0 Å². The molecular weight excluding hydrogens is 294 g/mol. The molecule has 108 valence electrons. The standard InChI is InChI=1S/C10H16ClN3O4S/c1-4-8-9(14(15)16)10(13(3)12-8)19(17,18)6-7(2)5-11/h7H,4-6H2,1-3H3. The van der Waals surface area contributed by atoms with Crippen molar-refractivity contribution in [3.8, 4) is 0 Å². The van der Waals surface area contributed by atoms with Crippen LogP contribution in [0, 0.1) is 16.0 Å². The minimum atomic E-state index is -3.79. The van der Waals surface area contributed by atoms with Crippen molar-refractivity contribution in [3.63, 3.8) is 0 Å². The summed E-state index contributed by atoms with van der Waals surface area (Å²) in [6.45, 7) is 3.36. The molecule has 0 saturated carbocycles. The zero-order chi connectivity index (χ0) is 14.8. The first-order valence-electron chi connectivity index (χ1n) is 5.73. The normalized spacial score (nSPS) is 13.5. The van der Waals surface area contributed by atoms with Gasteiger partial charge in [-0.15, -0.1) is 11.6 Å². The van der Waals surface area contributed by atoms with Crippen LogP contribution in [0.25, 0.3) is 0 Å². The van der Waals surface area contributed by atoms with E-state index in [0.29, 0.717) is 6.42 Å². The van der Waals surface area contributed by atoms with Crippen molar-refractivity contribution in [2.75, 3.05) is 11.6 Å².